The molecule has 0 bridgehead atoms. The minimum atomic E-state index is -0.279. The van der Waals surface area contributed by atoms with Crippen molar-refractivity contribution in [2.45, 2.75) is 38.3 Å². The van der Waals surface area contributed by atoms with Gasteiger partial charge in [-0.3, -0.25) is 4.79 Å². The summed E-state index contributed by atoms with van der Waals surface area (Å²) in [5, 5.41) is 4.06. The van der Waals surface area contributed by atoms with Crippen molar-refractivity contribution >= 4 is 5.91 Å². The SMILES string of the molecule is O=C(C1CC1)N(Cc1cc(-c2ccc(F)cc2)on1)C1CC1. The number of benzene rings is 1. The van der Waals surface area contributed by atoms with Crippen molar-refractivity contribution in [1.82, 2.24) is 10.1 Å². The van der Waals surface area contributed by atoms with Crippen LogP contribution in [-0.4, -0.2) is 22.0 Å². The summed E-state index contributed by atoms with van der Waals surface area (Å²) in [5.74, 6) is 0.806. The van der Waals surface area contributed by atoms with Gasteiger partial charge in [0.25, 0.3) is 0 Å². The number of halogens is 1. The number of hydrogen-bond acceptors (Lipinski definition) is 3. The molecule has 2 aliphatic rings. The molecule has 1 aromatic carbocycles. The summed E-state index contributed by atoms with van der Waals surface area (Å²) in [7, 11) is 0. The van der Waals surface area contributed by atoms with Crippen LogP contribution in [0.15, 0.2) is 34.9 Å². The van der Waals surface area contributed by atoms with Crippen molar-refractivity contribution in [3.63, 3.8) is 0 Å². The summed E-state index contributed by atoms with van der Waals surface area (Å²) in [6.07, 6.45) is 4.20. The van der Waals surface area contributed by atoms with Gasteiger partial charge in [-0.25, -0.2) is 4.39 Å². The highest BCUT2D eigenvalue weighted by Crippen LogP contribution is 2.37. The molecule has 4 nitrogen and oxygen atoms in total. The monoisotopic (exact) mass is 300 g/mol. The van der Waals surface area contributed by atoms with Crippen molar-refractivity contribution in [3.8, 4) is 11.3 Å². The summed E-state index contributed by atoms with van der Waals surface area (Å²) in [5.41, 5.74) is 1.53. The molecule has 1 amide bonds. The first-order chi connectivity index (χ1) is 10.7. The van der Waals surface area contributed by atoms with Gasteiger partial charge in [-0.05, 0) is 49.9 Å². The average Bonchev–Trinajstić information content (AvgIpc) is 3.43. The molecule has 0 spiro atoms. The second-order valence-corrected chi connectivity index (χ2v) is 6.16. The van der Waals surface area contributed by atoms with Crippen LogP contribution in [-0.2, 0) is 11.3 Å². The Kier molecular flexibility index (Phi) is 3.21. The van der Waals surface area contributed by atoms with Crippen LogP contribution in [0.4, 0.5) is 4.39 Å². The van der Waals surface area contributed by atoms with Crippen molar-refractivity contribution in [2.75, 3.05) is 0 Å². The van der Waals surface area contributed by atoms with Gasteiger partial charge in [0.2, 0.25) is 5.91 Å². The van der Waals surface area contributed by atoms with Crippen LogP contribution in [0.5, 0.6) is 0 Å². The van der Waals surface area contributed by atoms with Crippen LogP contribution < -0.4 is 0 Å². The maximum absolute atomic E-state index is 13.0. The van der Waals surface area contributed by atoms with Gasteiger partial charge in [0.1, 0.15) is 11.5 Å². The van der Waals surface area contributed by atoms with E-state index in [-0.39, 0.29) is 17.6 Å². The molecule has 2 aromatic rings. The molecule has 5 heteroatoms. The molecule has 0 radical (unpaired) electrons. The second kappa shape index (κ2) is 5.23. The number of nitrogens with zero attached hydrogens (tertiary/aromatic N) is 2. The summed E-state index contributed by atoms with van der Waals surface area (Å²) >= 11 is 0. The van der Waals surface area contributed by atoms with Gasteiger partial charge >= 0.3 is 0 Å². The van der Waals surface area contributed by atoms with Gasteiger partial charge in [-0.2, -0.15) is 0 Å². The summed E-state index contributed by atoms with van der Waals surface area (Å²) < 4.78 is 18.3. The molecule has 0 atom stereocenters. The summed E-state index contributed by atoms with van der Waals surface area (Å²) in [4.78, 5) is 14.3. The molecular weight excluding hydrogens is 283 g/mol. The number of carbonyl (C=O) groups excluding carboxylic acids is 1. The van der Waals surface area contributed by atoms with Crippen molar-refractivity contribution < 1.29 is 13.7 Å². The van der Waals surface area contributed by atoms with Crippen LogP contribution in [0, 0.1) is 11.7 Å². The van der Waals surface area contributed by atoms with Gasteiger partial charge < -0.3 is 9.42 Å². The Morgan fingerprint density at radius 3 is 2.59 bits per heavy atom. The van der Waals surface area contributed by atoms with E-state index in [4.69, 9.17) is 4.52 Å². The third kappa shape index (κ3) is 2.75. The van der Waals surface area contributed by atoms with Crippen molar-refractivity contribution in [3.05, 3.63) is 41.8 Å². The molecule has 1 heterocycles. The number of carbonyl (C=O) groups is 1. The molecule has 2 saturated carbocycles. The smallest absolute Gasteiger partial charge is 0.226 e. The third-order valence-electron chi connectivity index (χ3n) is 4.22. The van der Waals surface area contributed by atoms with E-state index >= 15 is 0 Å². The van der Waals surface area contributed by atoms with Crippen LogP contribution in [0.1, 0.15) is 31.4 Å². The zero-order valence-corrected chi connectivity index (χ0v) is 12.2. The average molecular weight is 300 g/mol. The lowest BCUT2D eigenvalue weighted by Crippen LogP contribution is -2.33. The van der Waals surface area contributed by atoms with Crippen LogP contribution in [0.3, 0.4) is 0 Å². The van der Waals surface area contributed by atoms with Crippen molar-refractivity contribution in [1.29, 1.82) is 0 Å². The van der Waals surface area contributed by atoms with Crippen LogP contribution >= 0.6 is 0 Å². The highest BCUT2D eigenvalue weighted by Gasteiger charge is 2.40. The molecule has 2 aliphatic carbocycles. The first-order valence-electron chi connectivity index (χ1n) is 7.73. The number of amides is 1. The molecule has 1 aromatic heterocycles. The zero-order chi connectivity index (χ0) is 15.1. The van der Waals surface area contributed by atoms with E-state index in [2.05, 4.69) is 5.16 Å². The van der Waals surface area contributed by atoms with Crippen molar-refractivity contribution in [2.24, 2.45) is 5.92 Å². The summed E-state index contributed by atoms with van der Waals surface area (Å²) in [6, 6.07) is 8.32. The fraction of sp³-hybridized carbons (Fsp3) is 0.412. The largest absolute Gasteiger partial charge is 0.356 e. The fourth-order valence-electron chi connectivity index (χ4n) is 2.65. The number of hydrogen-bond donors (Lipinski definition) is 0. The van der Waals surface area contributed by atoms with E-state index in [1.54, 1.807) is 12.1 Å². The van der Waals surface area contributed by atoms with E-state index in [9.17, 15) is 9.18 Å². The van der Waals surface area contributed by atoms with Gasteiger partial charge in [-0.15, -0.1) is 0 Å². The van der Waals surface area contributed by atoms with E-state index < -0.39 is 0 Å². The van der Waals surface area contributed by atoms with Crippen LogP contribution in [0.2, 0.25) is 0 Å². The lowest BCUT2D eigenvalue weighted by atomic mass is 10.1. The quantitative estimate of drug-likeness (QED) is 0.850. The summed E-state index contributed by atoms with van der Waals surface area (Å²) in [6.45, 7) is 0.505. The Morgan fingerprint density at radius 1 is 1.23 bits per heavy atom. The van der Waals surface area contributed by atoms with E-state index in [0.29, 0.717) is 18.3 Å². The second-order valence-electron chi connectivity index (χ2n) is 6.16. The topological polar surface area (TPSA) is 46.3 Å². The molecule has 0 unspecified atom stereocenters. The molecule has 4 rings (SSSR count). The predicted octanol–water partition coefficient (Wildman–Crippen LogP) is 3.38. The lowest BCUT2D eigenvalue weighted by molar-refractivity contribution is -0.133. The minimum absolute atomic E-state index is 0.226. The molecule has 0 aliphatic heterocycles. The maximum atomic E-state index is 13.0. The first kappa shape index (κ1) is 13.5. The molecule has 114 valence electrons. The third-order valence-corrected chi connectivity index (χ3v) is 4.22. The van der Waals surface area contributed by atoms with Gasteiger partial charge in [0.05, 0.1) is 6.54 Å². The fourth-order valence-corrected chi connectivity index (χ4v) is 2.65. The van der Waals surface area contributed by atoms with E-state index in [1.165, 1.54) is 12.1 Å². The predicted molar refractivity (Wildman–Crippen MR) is 78.2 cm³/mol. The Labute approximate surface area is 127 Å². The highest BCUT2D eigenvalue weighted by atomic mass is 19.1. The van der Waals surface area contributed by atoms with Crippen LogP contribution in [0.25, 0.3) is 11.3 Å². The normalized spacial score (nSPS) is 17.5. The molecule has 0 saturated heterocycles. The Hall–Kier alpha value is -2.17. The Balaban J connectivity index is 1.50. The minimum Gasteiger partial charge on any atom is -0.356 e. The first-order valence-corrected chi connectivity index (χ1v) is 7.73. The maximum Gasteiger partial charge on any atom is 0.226 e. The molecule has 0 N–H and O–H groups in total. The Bertz CT molecular complexity index is 687. The Morgan fingerprint density at radius 2 is 1.95 bits per heavy atom. The molecule has 22 heavy (non-hydrogen) atoms. The zero-order valence-electron chi connectivity index (χ0n) is 12.2. The lowest BCUT2D eigenvalue weighted by Gasteiger charge is -2.20. The number of aromatic nitrogens is 1. The van der Waals surface area contributed by atoms with E-state index in [0.717, 1.165) is 36.9 Å². The van der Waals surface area contributed by atoms with Gasteiger partial charge in [-0.1, -0.05) is 5.16 Å². The highest BCUT2D eigenvalue weighted by molar-refractivity contribution is 5.81. The standard InChI is InChI=1S/C17H17FN2O2/c18-13-5-3-11(4-6-13)16-9-14(19-22-16)10-20(15-7-8-15)17(21)12-1-2-12/h3-6,9,12,15H,1-2,7-8,10H2. The van der Waals surface area contributed by atoms with E-state index in [1.807, 2.05) is 11.0 Å². The van der Waals surface area contributed by atoms with Gasteiger partial charge in [0, 0.05) is 23.6 Å². The number of rotatable bonds is 5. The van der Waals surface area contributed by atoms with Gasteiger partial charge in [0.15, 0.2) is 5.76 Å². The molecule has 2 fully saturated rings. The molecular formula is C17H17FN2O2.